The first-order chi connectivity index (χ1) is 22.4. The molecule has 0 bridgehead atoms. The average molecular weight is 695 g/mol. The Labute approximate surface area is 293 Å². The summed E-state index contributed by atoms with van der Waals surface area (Å²) in [7, 11) is 0. The Morgan fingerprint density at radius 2 is 1.10 bits per heavy atom. The van der Waals surface area contributed by atoms with Crippen LogP contribution in [-0.2, 0) is 15.6 Å². The van der Waals surface area contributed by atoms with Crippen LogP contribution in [0.15, 0.2) is 58.3 Å². The maximum atomic E-state index is 13.7. The summed E-state index contributed by atoms with van der Waals surface area (Å²) < 4.78 is 0. The van der Waals surface area contributed by atoms with Gasteiger partial charge in [-0.05, 0) is 71.3 Å². The number of rotatable bonds is 13. The van der Waals surface area contributed by atoms with E-state index in [1.807, 2.05) is 24.3 Å². The van der Waals surface area contributed by atoms with E-state index < -0.39 is 18.0 Å². The highest BCUT2D eigenvalue weighted by atomic mass is 32.2. The molecule has 0 aliphatic carbocycles. The smallest absolute Gasteiger partial charge is 0.255 e. The molecule has 0 saturated carbocycles. The summed E-state index contributed by atoms with van der Waals surface area (Å²) in [5, 5.41) is 22.2. The predicted octanol–water partition coefficient (Wildman–Crippen LogP) is 6.60. The summed E-state index contributed by atoms with van der Waals surface area (Å²) in [6, 6.07) is 14.3. The van der Waals surface area contributed by atoms with Crippen LogP contribution in [0.5, 0.6) is 0 Å². The van der Waals surface area contributed by atoms with E-state index in [4.69, 9.17) is 11.5 Å². The van der Waals surface area contributed by atoms with Crippen LogP contribution in [0.1, 0.15) is 87.2 Å². The Morgan fingerprint density at radius 3 is 1.48 bits per heavy atom. The SMILES string of the molecule is CC(=O)Nc1cc(C(C)(C)C)cc(NC(=O)c2cccc(C(=O)Nc3cc(C(C)(C)C)cc(NC(C)O)c3SCCN)c2)c1SCCN. The van der Waals surface area contributed by atoms with Gasteiger partial charge in [-0.3, -0.25) is 14.4 Å². The molecule has 1 atom stereocenters. The van der Waals surface area contributed by atoms with Crippen molar-refractivity contribution in [2.24, 2.45) is 11.5 Å². The number of benzene rings is 3. The third-order valence-corrected chi connectivity index (χ3v) is 9.53. The number of amides is 3. The van der Waals surface area contributed by atoms with Crippen LogP contribution in [-0.4, -0.2) is 53.7 Å². The number of nitrogens with two attached hydrogens (primary N) is 2. The summed E-state index contributed by atoms with van der Waals surface area (Å²) in [4.78, 5) is 41.0. The van der Waals surface area contributed by atoms with Crippen molar-refractivity contribution in [3.63, 3.8) is 0 Å². The van der Waals surface area contributed by atoms with Crippen molar-refractivity contribution in [3.05, 3.63) is 70.8 Å². The van der Waals surface area contributed by atoms with E-state index in [1.165, 1.54) is 30.4 Å². The third kappa shape index (κ3) is 10.7. The minimum atomic E-state index is -0.816. The summed E-state index contributed by atoms with van der Waals surface area (Å²) in [5.41, 5.74) is 16.0. The number of anilines is 4. The fraction of sp³-hybridized carbons (Fsp3) is 0.417. The number of aliphatic hydroxyl groups is 1. The Bertz CT molecular complexity index is 1630. The highest BCUT2D eigenvalue weighted by molar-refractivity contribution is 7.99. The molecule has 3 rings (SSSR count). The first kappa shape index (κ1) is 38.9. The van der Waals surface area contributed by atoms with E-state index in [-0.39, 0.29) is 22.3 Å². The number of carbonyl (C=O) groups excluding carboxylic acids is 3. The molecule has 0 heterocycles. The van der Waals surface area contributed by atoms with Gasteiger partial charge in [0.1, 0.15) is 6.23 Å². The molecule has 3 amide bonds. The molecule has 1 unspecified atom stereocenters. The van der Waals surface area contributed by atoms with Crippen LogP contribution in [0.25, 0.3) is 0 Å². The molecule has 0 aliphatic heterocycles. The van der Waals surface area contributed by atoms with Crippen LogP contribution in [0, 0.1) is 0 Å². The van der Waals surface area contributed by atoms with Crippen LogP contribution >= 0.6 is 23.5 Å². The molecular formula is C36H50N6O4S2. The summed E-state index contributed by atoms with van der Waals surface area (Å²) >= 11 is 2.93. The number of aliphatic hydroxyl groups excluding tert-OH is 1. The molecule has 0 fully saturated rings. The average Bonchev–Trinajstić information content (AvgIpc) is 2.98. The lowest BCUT2D eigenvalue weighted by molar-refractivity contribution is -0.114. The van der Waals surface area contributed by atoms with Crippen molar-refractivity contribution in [2.45, 2.75) is 82.2 Å². The number of nitrogens with one attached hydrogen (secondary N) is 4. The van der Waals surface area contributed by atoms with E-state index in [0.29, 0.717) is 57.8 Å². The van der Waals surface area contributed by atoms with Crippen LogP contribution < -0.4 is 32.7 Å². The van der Waals surface area contributed by atoms with E-state index in [2.05, 4.69) is 62.8 Å². The largest absolute Gasteiger partial charge is 0.374 e. The molecule has 9 N–H and O–H groups in total. The quantitative estimate of drug-likeness (QED) is 0.0769. The molecule has 10 nitrogen and oxygen atoms in total. The predicted molar refractivity (Wildman–Crippen MR) is 202 cm³/mol. The third-order valence-electron chi connectivity index (χ3n) is 7.20. The molecule has 3 aromatic carbocycles. The van der Waals surface area contributed by atoms with Gasteiger partial charge >= 0.3 is 0 Å². The fourth-order valence-corrected chi connectivity index (χ4v) is 6.46. The highest BCUT2D eigenvalue weighted by Crippen LogP contribution is 2.41. The van der Waals surface area contributed by atoms with Crippen LogP contribution in [0.3, 0.4) is 0 Å². The van der Waals surface area contributed by atoms with Crippen molar-refractivity contribution in [3.8, 4) is 0 Å². The molecule has 3 aromatic rings. The van der Waals surface area contributed by atoms with Gasteiger partial charge in [-0.2, -0.15) is 0 Å². The maximum Gasteiger partial charge on any atom is 0.255 e. The lowest BCUT2D eigenvalue weighted by Gasteiger charge is -2.25. The van der Waals surface area contributed by atoms with Crippen molar-refractivity contribution < 1.29 is 19.5 Å². The fourth-order valence-electron chi connectivity index (χ4n) is 4.75. The second-order valence-electron chi connectivity index (χ2n) is 13.6. The standard InChI is InChI=1S/C36H50N6O4S2/c1-21(43)39-27-17-25(35(3,4)5)19-29(31(27)47-14-12-37)41-33(45)23-10-9-11-24(16-23)34(46)42-30-20-26(36(6,7)8)18-28(40-22(2)44)32(30)48-15-13-38/h9-11,16-21,39,43H,12-15,37-38H2,1-8H3,(H,40,44)(H,41,45)(H,42,46). The lowest BCUT2D eigenvalue weighted by atomic mass is 9.86. The monoisotopic (exact) mass is 694 g/mol. The molecule has 260 valence electrons. The van der Waals surface area contributed by atoms with Gasteiger partial charge in [0.15, 0.2) is 0 Å². The second kappa shape index (κ2) is 16.7. The molecule has 0 saturated heterocycles. The van der Waals surface area contributed by atoms with Crippen molar-refractivity contribution in [1.29, 1.82) is 0 Å². The normalized spacial score (nSPS) is 12.3. The topological polar surface area (TPSA) is 172 Å². The maximum absolute atomic E-state index is 13.7. The van der Waals surface area contributed by atoms with E-state index in [1.54, 1.807) is 31.2 Å². The highest BCUT2D eigenvalue weighted by Gasteiger charge is 2.24. The number of carbonyl (C=O) groups is 3. The number of thioether (sulfide) groups is 2. The second-order valence-corrected chi connectivity index (χ2v) is 15.8. The minimum absolute atomic E-state index is 0.224. The van der Waals surface area contributed by atoms with Gasteiger partial charge in [0.25, 0.3) is 11.8 Å². The Kier molecular flexibility index (Phi) is 13.5. The van der Waals surface area contributed by atoms with Gasteiger partial charge in [-0.25, -0.2) is 0 Å². The van der Waals surface area contributed by atoms with Gasteiger partial charge in [0.05, 0.1) is 32.5 Å². The first-order valence-corrected chi connectivity index (χ1v) is 17.9. The molecule has 0 aromatic heterocycles. The Balaban J connectivity index is 2.02. The molecule has 48 heavy (non-hydrogen) atoms. The Morgan fingerprint density at radius 1 is 0.708 bits per heavy atom. The lowest BCUT2D eigenvalue weighted by Crippen LogP contribution is -2.20. The van der Waals surface area contributed by atoms with Crippen molar-refractivity contribution >= 4 is 64.0 Å². The zero-order valence-electron chi connectivity index (χ0n) is 29.2. The zero-order chi connectivity index (χ0) is 35.8. The molecule has 0 aliphatic rings. The molecule has 0 spiro atoms. The van der Waals surface area contributed by atoms with Gasteiger partial charge in [-0.15, -0.1) is 23.5 Å². The van der Waals surface area contributed by atoms with Crippen molar-refractivity contribution in [1.82, 2.24) is 0 Å². The van der Waals surface area contributed by atoms with E-state index in [9.17, 15) is 19.5 Å². The van der Waals surface area contributed by atoms with Crippen LogP contribution in [0.4, 0.5) is 22.7 Å². The van der Waals surface area contributed by atoms with E-state index in [0.717, 1.165) is 16.0 Å². The summed E-state index contributed by atoms with van der Waals surface area (Å²) in [6.45, 7) is 16.3. The molecular weight excluding hydrogens is 645 g/mol. The van der Waals surface area contributed by atoms with Crippen LogP contribution in [0.2, 0.25) is 0 Å². The van der Waals surface area contributed by atoms with Gasteiger partial charge in [0.2, 0.25) is 5.91 Å². The van der Waals surface area contributed by atoms with Gasteiger partial charge < -0.3 is 37.8 Å². The number of hydrogen-bond acceptors (Lipinski definition) is 9. The molecule has 12 heteroatoms. The first-order valence-electron chi connectivity index (χ1n) is 15.9. The van der Waals surface area contributed by atoms with Crippen molar-refractivity contribution in [2.75, 3.05) is 45.9 Å². The minimum Gasteiger partial charge on any atom is -0.374 e. The van der Waals surface area contributed by atoms with Gasteiger partial charge in [-0.1, -0.05) is 47.6 Å². The summed E-state index contributed by atoms with van der Waals surface area (Å²) in [6.07, 6.45) is -0.816. The van der Waals surface area contributed by atoms with E-state index >= 15 is 0 Å². The molecule has 0 radical (unpaired) electrons. The Hall–Kier alpha value is -3.55. The summed E-state index contributed by atoms with van der Waals surface area (Å²) in [5.74, 6) is 0.161. The zero-order valence-corrected chi connectivity index (χ0v) is 30.8. The van der Waals surface area contributed by atoms with Gasteiger partial charge in [0, 0.05) is 42.6 Å². The number of hydrogen-bond donors (Lipinski definition) is 7.